The van der Waals surface area contributed by atoms with Gasteiger partial charge in [0, 0.05) is 6.04 Å². The van der Waals surface area contributed by atoms with E-state index in [2.05, 4.69) is 36.6 Å². The second-order valence-corrected chi connectivity index (χ2v) is 4.97. The van der Waals surface area contributed by atoms with E-state index < -0.39 is 0 Å². The first-order valence-corrected chi connectivity index (χ1v) is 7.01. The molecule has 0 spiro atoms. The van der Waals surface area contributed by atoms with Gasteiger partial charge in [0.05, 0.1) is 0 Å². The molecular formula is C15H28N2. The number of rotatable bonds is 7. The maximum Gasteiger partial charge on any atom is 0.0110 e. The summed E-state index contributed by atoms with van der Waals surface area (Å²) in [6, 6.07) is 0.687. The van der Waals surface area contributed by atoms with E-state index in [9.17, 15) is 0 Å². The van der Waals surface area contributed by atoms with E-state index in [0.29, 0.717) is 6.04 Å². The number of allylic oxidation sites excluding steroid dienone is 3. The lowest BCUT2D eigenvalue weighted by Crippen LogP contribution is -2.33. The van der Waals surface area contributed by atoms with Crippen LogP contribution in [0.4, 0.5) is 0 Å². The van der Waals surface area contributed by atoms with Crippen molar-refractivity contribution >= 4 is 0 Å². The summed E-state index contributed by atoms with van der Waals surface area (Å²) >= 11 is 0. The summed E-state index contributed by atoms with van der Waals surface area (Å²) in [5.74, 6) is 0. The molecule has 1 aliphatic rings. The van der Waals surface area contributed by atoms with Crippen LogP contribution >= 0.6 is 0 Å². The molecule has 0 heterocycles. The molecule has 2 N–H and O–H groups in total. The molecule has 0 radical (unpaired) electrons. The van der Waals surface area contributed by atoms with E-state index in [1.807, 2.05) is 7.05 Å². The summed E-state index contributed by atoms with van der Waals surface area (Å²) in [6.45, 7) is 6.72. The maximum absolute atomic E-state index is 3.68. The fourth-order valence-corrected chi connectivity index (χ4v) is 2.31. The van der Waals surface area contributed by atoms with Crippen molar-refractivity contribution in [3.8, 4) is 0 Å². The van der Waals surface area contributed by atoms with Crippen LogP contribution in [0.5, 0.6) is 0 Å². The molecule has 1 atom stereocenters. The lowest BCUT2D eigenvalue weighted by atomic mass is 9.88. The second-order valence-electron chi connectivity index (χ2n) is 4.97. The van der Waals surface area contributed by atoms with Crippen LogP contribution in [0.25, 0.3) is 0 Å². The largest absolute Gasteiger partial charge is 0.320 e. The predicted octanol–water partition coefficient (Wildman–Crippen LogP) is 3.02. The first-order valence-electron chi connectivity index (χ1n) is 7.01. The SMILES string of the molecule is CC/C=C\C1=C(C)CCC(NCCCNC)C1. The van der Waals surface area contributed by atoms with E-state index in [0.717, 1.165) is 19.5 Å². The Morgan fingerprint density at radius 1 is 1.35 bits per heavy atom. The van der Waals surface area contributed by atoms with Gasteiger partial charge in [0.2, 0.25) is 0 Å². The van der Waals surface area contributed by atoms with Gasteiger partial charge in [-0.3, -0.25) is 0 Å². The Balaban J connectivity index is 2.34. The summed E-state index contributed by atoms with van der Waals surface area (Å²) in [6.07, 6.45) is 10.7. The number of hydrogen-bond acceptors (Lipinski definition) is 2. The van der Waals surface area contributed by atoms with Crippen molar-refractivity contribution in [2.45, 2.75) is 52.0 Å². The van der Waals surface area contributed by atoms with Gasteiger partial charge in [-0.2, -0.15) is 0 Å². The summed E-state index contributed by atoms with van der Waals surface area (Å²) in [7, 11) is 2.01. The highest BCUT2D eigenvalue weighted by atomic mass is 14.9. The smallest absolute Gasteiger partial charge is 0.0110 e. The average Bonchev–Trinajstić information content (AvgIpc) is 2.35. The zero-order valence-corrected chi connectivity index (χ0v) is 11.7. The van der Waals surface area contributed by atoms with Gasteiger partial charge in [-0.15, -0.1) is 0 Å². The minimum atomic E-state index is 0.687. The monoisotopic (exact) mass is 236 g/mol. The minimum Gasteiger partial charge on any atom is -0.320 e. The highest BCUT2D eigenvalue weighted by Crippen LogP contribution is 2.25. The van der Waals surface area contributed by atoms with Gasteiger partial charge in [0.15, 0.2) is 0 Å². The molecule has 0 saturated heterocycles. The molecule has 1 rings (SSSR count). The van der Waals surface area contributed by atoms with Crippen molar-refractivity contribution in [3.05, 3.63) is 23.3 Å². The third kappa shape index (κ3) is 5.51. The van der Waals surface area contributed by atoms with E-state index in [-0.39, 0.29) is 0 Å². The van der Waals surface area contributed by atoms with Crippen molar-refractivity contribution < 1.29 is 0 Å². The van der Waals surface area contributed by atoms with Gasteiger partial charge in [0.25, 0.3) is 0 Å². The Labute approximate surface area is 107 Å². The topological polar surface area (TPSA) is 24.1 Å². The Morgan fingerprint density at radius 2 is 2.18 bits per heavy atom. The molecule has 0 aromatic carbocycles. The number of hydrogen-bond donors (Lipinski definition) is 2. The van der Waals surface area contributed by atoms with E-state index >= 15 is 0 Å². The average molecular weight is 236 g/mol. The quantitative estimate of drug-likeness (QED) is 0.664. The van der Waals surface area contributed by atoms with Gasteiger partial charge in [-0.05, 0) is 64.7 Å². The first-order chi connectivity index (χ1) is 8.27. The van der Waals surface area contributed by atoms with Gasteiger partial charge in [0.1, 0.15) is 0 Å². The predicted molar refractivity (Wildman–Crippen MR) is 76.3 cm³/mol. The summed E-state index contributed by atoms with van der Waals surface area (Å²) in [5, 5.41) is 6.86. The highest BCUT2D eigenvalue weighted by Gasteiger charge is 2.16. The van der Waals surface area contributed by atoms with Crippen molar-refractivity contribution in [2.75, 3.05) is 20.1 Å². The van der Waals surface area contributed by atoms with Crippen LogP contribution in [-0.2, 0) is 0 Å². The van der Waals surface area contributed by atoms with Crippen LogP contribution in [0.1, 0.15) is 46.0 Å². The third-order valence-corrected chi connectivity index (χ3v) is 3.47. The van der Waals surface area contributed by atoms with Gasteiger partial charge >= 0.3 is 0 Å². The normalized spacial score (nSPS) is 21.5. The molecule has 1 aliphatic carbocycles. The van der Waals surface area contributed by atoms with Crippen LogP contribution in [0.15, 0.2) is 23.3 Å². The highest BCUT2D eigenvalue weighted by molar-refractivity contribution is 5.28. The molecule has 98 valence electrons. The van der Waals surface area contributed by atoms with Crippen molar-refractivity contribution in [2.24, 2.45) is 0 Å². The Morgan fingerprint density at radius 3 is 2.88 bits per heavy atom. The summed E-state index contributed by atoms with van der Waals surface area (Å²) in [4.78, 5) is 0. The molecule has 17 heavy (non-hydrogen) atoms. The minimum absolute atomic E-state index is 0.687. The van der Waals surface area contributed by atoms with Crippen LogP contribution in [0.3, 0.4) is 0 Å². The Bertz CT molecular complexity index is 266. The van der Waals surface area contributed by atoms with Crippen LogP contribution < -0.4 is 10.6 Å². The fourth-order valence-electron chi connectivity index (χ4n) is 2.31. The standard InChI is InChI=1S/C15H28N2/c1-4-5-7-14-12-15(9-8-13(14)2)17-11-6-10-16-3/h5,7,15-17H,4,6,8-12H2,1-3H3/b7-5-. The van der Waals surface area contributed by atoms with E-state index in [4.69, 9.17) is 0 Å². The van der Waals surface area contributed by atoms with Gasteiger partial charge < -0.3 is 10.6 Å². The maximum atomic E-state index is 3.68. The summed E-state index contributed by atoms with van der Waals surface area (Å²) < 4.78 is 0. The first kappa shape index (κ1) is 14.5. The molecule has 0 aliphatic heterocycles. The third-order valence-electron chi connectivity index (χ3n) is 3.47. The Kier molecular flexibility index (Phi) is 7.22. The van der Waals surface area contributed by atoms with Crippen molar-refractivity contribution in [1.29, 1.82) is 0 Å². The fraction of sp³-hybridized carbons (Fsp3) is 0.733. The lowest BCUT2D eigenvalue weighted by molar-refractivity contribution is 0.453. The van der Waals surface area contributed by atoms with E-state index in [1.54, 1.807) is 11.1 Å². The van der Waals surface area contributed by atoms with Crippen LogP contribution in [0.2, 0.25) is 0 Å². The molecule has 0 fully saturated rings. The Hall–Kier alpha value is -0.600. The molecule has 0 saturated carbocycles. The van der Waals surface area contributed by atoms with Crippen LogP contribution in [-0.4, -0.2) is 26.2 Å². The van der Waals surface area contributed by atoms with Gasteiger partial charge in [-0.1, -0.05) is 24.6 Å². The summed E-state index contributed by atoms with van der Waals surface area (Å²) in [5.41, 5.74) is 3.15. The van der Waals surface area contributed by atoms with E-state index in [1.165, 1.54) is 25.7 Å². The van der Waals surface area contributed by atoms with Gasteiger partial charge in [-0.25, -0.2) is 0 Å². The second kappa shape index (κ2) is 8.48. The molecule has 1 unspecified atom stereocenters. The number of nitrogens with one attached hydrogen (secondary N) is 2. The molecule has 2 heteroatoms. The zero-order valence-electron chi connectivity index (χ0n) is 11.7. The zero-order chi connectivity index (χ0) is 12.5. The van der Waals surface area contributed by atoms with Crippen molar-refractivity contribution in [3.63, 3.8) is 0 Å². The molecule has 2 nitrogen and oxygen atoms in total. The van der Waals surface area contributed by atoms with Crippen LogP contribution in [0, 0.1) is 0 Å². The lowest BCUT2D eigenvalue weighted by Gasteiger charge is -2.25. The molecule has 0 aromatic heterocycles. The molecule has 0 bridgehead atoms. The molecular weight excluding hydrogens is 208 g/mol. The molecule has 0 amide bonds. The molecule has 0 aromatic rings. The van der Waals surface area contributed by atoms with Crippen molar-refractivity contribution in [1.82, 2.24) is 10.6 Å².